The molecular formula is C36H36ClN5O6S2. The van der Waals surface area contributed by atoms with Gasteiger partial charge in [-0.1, -0.05) is 41.6 Å². The van der Waals surface area contributed by atoms with Crippen molar-refractivity contribution in [2.45, 2.75) is 31.6 Å². The SMILES string of the molecule is COc1ccc(NC(=O)C(c2ccc(OC)c(OC)c2)N(Cc2nc(-c3ccc(Cl)cc3)cs2)C(=O)CSc2nc(C)cc(C)n2)c(OC)c1. The zero-order valence-electron chi connectivity index (χ0n) is 28.4. The summed E-state index contributed by atoms with van der Waals surface area (Å²) >= 11 is 8.70. The normalized spacial score (nSPS) is 11.4. The smallest absolute Gasteiger partial charge is 0.251 e. The van der Waals surface area contributed by atoms with Crippen molar-refractivity contribution in [1.82, 2.24) is 19.9 Å². The highest BCUT2D eigenvalue weighted by molar-refractivity contribution is 7.99. The highest BCUT2D eigenvalue weighted by Gasteiger charge is 2.34. The molecule has 0 saturated carbocycles. The number of carbonyl (C=O) groups excluding carboxylic acids is 2. The number of methoxy groups -OCH3 is 4. The molecule has 2 heterocycles. The molecule has 0 aliphatic heterocycles. The van der Waals surface area contributed by atoms with Crippen LogP contribution in [0.25, 0.3) is 11.3 Å². The number of anilines is 1. The van der Waals surface area contributed by atoms with Gasteiger partial charge in [0, 0.05) is 33.4 Å². The van der Waals surface area contributed by atoms with Crippen molar-refractivity contribution in [2.75, 3.05) is 39.5 Å². The topological polar surface area (TPSA) is 125 Å². The zero-order valence-corrected chi connectivity index (χ0v) is 30.7. The Balaban J connectivity index is 1.58. The molecule has 0 saturated heterocycles. The number of nitrogens with one attached hydrogen (secondary N) is 1. The van der Waals surface area contributed by atoms with Gasteiger partial charge in [-0.05, 0) is 61.9 Å². The summed E-state index contributed by atoms with van der Waals surface area (Å²) in [4.78, 5) is 44.2. The molecule has 1 unspecified atom stereocenters. The summed E-state index contributed by atoms with van der Waals surface area (Å²) < 4.78 is 22.0. The van der Waals surface area contributed by atoms with Crippen LogP contribution in [0.4, 0.5) is 5.69 Å². The summed E-state index contributed by atoms with van der Waals surface area (Å²) in [5, 5.41) is 6.59. The van der Waals surface area contributed by atoms with Gasteiger partial charge in [0.1, 0.15) is 22.5 Å². The number of carbonyl (C=O) groups is 2. The molecule has 5 aromatic rings. The Labute approximate surface area is 303 Å². The van der Waals surface area contributed by atoms with Crippen molar-refractivity contribution in [3.05, 3.63) is 99.1 Å². The van der Waals surface area contributed by atoms with Crippen LogP contribution in [-0.2, 0) is 16.1 Å². The average molecular weight is 734 g/mol. The van der Waals surface area contributed by atoms with Crippen molar-refractivity contribution in [2.24, 2.45) is 0 Å². The number of thioether (sulfide) groups is 1. The van der Waals surface area contributed by atoms with Gasteiger partial charge in [0.2, 0.25) is 5.91 Å². The summed E-state index contributed by atoms with van der Waals surface area (Å²) in [7, 11) is 6.08. The van der Waals surface area contributed by atoms with Crippen molar-refractivity contribution in [1.29, 1.82) is 0 Å². The molecule has 1 atom stereocenters. The third-order valence-corrected chi connectivity index (χ3v) is 9.47. The van der Waals surface area contributed by atoms with E-state index in [0.29, 0.717) is 49.4 Å². The van der Waals surface area contributed by atoms with Gasteiger partial charge in [0.25, 0.3) is 5.91 Å². The van der Waals surface area contributed by atoms with E-state index in [-0.39, 0.29) is 18.2 Å². The van der Waals surface area contributed by atoms with Crippen molar-refractivity contribution >= 4 is 52.2 Å². The van der Waals surface area contributed by atoms with E-state index in [1.807, 2.05) is 37.4 Å². The van der Waals surface area contributed by atoms with E-state index in [2.05, 4.69) is 15.3 Å². The van der Waals surface area contributed by atoms with Gasteiger partial charge in [0.15, 0.2) is 16.7 Å². The molecule has 11 nitrogen and oxygen atoms in total. The number of hydrogen-bond acceptors (Lipinski definition) is 11. The van der Waals surface area contributed by atoms with Crippen molar-refractivity contribution in [3.63, 3.8) is 0 Å². The van der Waals surface area contributed by atoms with Crippen LogP contribution < -0.4 is 24.3 Å². The summed E-state index contributed by atoms with van der Waals surface area (Å²) in [6, 6.07) is 18.3. The first kappa shape index (κ1) is 36.4. The molecule has 50 heavy (non-hydrogen) atoms. The Morgan fingerprint density at radius 3 is 2.20 bits per heavy atom. The maximum absolute atomic E-state index is 14.5. The summed E-state index contributed by atoms with van der Waals surface area (Å²) in [5.41, 5.74) is 4.06. The maximum atomic E-state index is 14.5. The zero-order chi connectivity index (χ0) is 35.8. The summed E-state index contributed by atoms with van der Waals surface area (Å²) in [5.74, 6) is 0.945. The predicted molar refractivity (Wildman–Crippen MR) is 196 cm³/mol. The third kappa shape index (κ3) is 8.84. The second-order valence-corrected chi connectivity index (χ2v) is 13.3. The van der Waals surface area contributed by atoms with E-state index in [1.54, 1.807) is 55.6 Å². The van der Waals surface area contributed by atoms with E-state index in [4.69, 9.17) is 35.5 Å². The number of halogens is 1. The second-order valence-electron chi connectivity index (χ2n) is 10.9. The minimum Gasteiger partial charge on any atom is -0.497 e. The summed E-state index contributed by atoms with van der Waals surface area (Å²) in [6.07, 6.45) is 0. The van der Waals surface area contributed by atoms with Gasteiger partial charge in [-0.3, -0.25) is 9.59 Å². The van der Waals surface area contributed by atoms with Crippen LogP contribution in [0.1, 0.15) is 28.0 Å². The van der Waals surface area contributed by atoms with Crippen LogP contribution in [0.5, 0.6) is 23.0 Å². The molecule has 0 spiro atoms. The van der Waals surface area contributed by atoms with Gasteiger partial charge in [-0.25, -0.2) is 15.0 Å². The van der Waals surface area contributed by atoms with E-state index in [0.717, 1.165) is 22.6 Å². The highest BCUT2D eigenvalue weighted by Crippen LogP contribution is 2.36. The molecule has 0 aliphatic carbocycles. The van der Waals surface area contributed by atoms with E-state index in [9.17, 15) is 9.59 Å². The largest absolute Gasteiger partial charge is 0.497 e. The second kappa shape index (κ2) is 16.7. The molecule has 2 aromatic heterocycles. The molecule has 5 rings (SSSR count). The first-order valence-electron chi connectivity index (χ1n) is 15.3. The first-order valence-corrected chi connectivity index (χ1v) is 17.6. The lowest BCUT2D eigenvalue weighted by Crippen LogP contribution is -2.42. The average Bonchev–Trinajstić information content (AvgIpc) is 3.58. The molecular weight excluding hydrogens is 698 g/mol. The lowest BCUT2D eigenvalue weighted by molar-refractivity contribution is -0.137. The Bertz CT molecular complexity index is 1950. The van der Waals surface area contributed by atoms with Gasteiger partial charge in [-0.2, -0.15) is 0 Å². The highest BCUT2D eigenvalue weighted by atomic mass is 35.5. The molecule has 0 fully saturated rings. The van der Waals surface area contributed by atoms with Gasteiger partial charge in [-0.15, -0.1) is 11.3 Å². The van der Waals surface area contributed by atoms with Gasteiger partial charge in [0.05, 0.1) is 52.1 Å². The number of ether oxygens (including phenoxy) is 4. The van der Waals surface area contributed by atoms with Crippen molar-refractivity contribution < 1.29 is 28.5 Å². The van der Waals surface area contributed by atoms with E-state index >= 15 is 0 Å². The minimum atomic E-state index is -1.14. The fourth-order valence-corrected chi connectivity index (χ4v) is 6.93. The third-order valence-electron chi connectivity index (χ3n) is 7.55. The molecule has 1 N–H and O–H groups in total. The molecule has 0 aliphatic rings. The minimum absolute atomic E-state index is 0.0253. The molecule has 260 valence electrons. The lowest BCUT2D eigenvalue weighted by Gasteiger charge is -2.31. The van der Waals surface area contributed by atoms with Crippen LogP contribution in [0, 0.1) is 13.8 Å². The molecule has 14 heteroatoms. The van der Waals surface area contributed by atoms with E-state index in [1.165, 1.54) is 49.3 Å². The predicted octanol–water partition coefficient (Wildman–Crippen LogP) is 7.41. The number of aryl methyl sites for hydroxylation is 2. The van der Waals surface area contributed by atoms with Crippen molar-refractivity contribution in [3.8, 4) is 34.3 Å². The standard InChI is InChI=1S/C36H36ClN5O6S2/c1-21-15-22(2)39-36(38-21)50-20-33(43)42(18-32-40-28(19-49-32)23-7-10-25(37)11-8-23)34(24-9-14-29(46-4)31(16-24)48-6)35(44)41-27-13-12-26(45-3)17-30(27)47-5/h7-17,19,34H,18,20H2,1-6H3,(H,41,44). The Morgan fingerprint density at radius 2 is 1.54 bits per heavy atom. The lowest BCUT2D eigenvalue weighted by atomic mass is 10.0. The fraction of sp³-hybridized carbons (Fsp3) is 0.250. The first-order chi connectivity index (χ1) is 24.1. The van der Waals surface area contributed by atoms with Crippen LogP contribution in [0.3, 0.4) is 0 Å². The molecule has 3 aromatic carbocycles. The van der Waals surface area contributed by atoms with Crippen LogP contribution in [0.2, 0.25) is 5.02 Å². The quantitative estimate of drug-likeness (QED) is 0.0912. The number of benzene rings is 3. The van der Waals surface area contributed by atoms with Gasteiger partial charge < -0.3 is 29.2 Å². The van der Waals surface area contributed by atoms with E-state index < -0.39 is 11.9 Å². The number of nitrogens with zero attached hydrogens (tertiary/aromatic N) is 4. The van der Waals surface area contributed by atoms with Crippen LogP contribution in [0.15, 0.2) is 77.3 Å². The van der Waals surface area contributed by atoms with Gasteiger partial charge >= 0.3 is 0 Å². The fourth-order valence-electron chi connectivity index (χ4n) is 5.17. The molecule has 0 radical (unpaired) electrons. The van der Waals surface area contributed by atoms with Crippen LogP contribution >= 0.6 is 34.7 Å². The molecule has 2 amide bonds. The Morgan fingerprint density at radius 1 is 0.840 bits per heavy atom. The Hall–Kier alpha value is -4.85. The molecule has 0 bridgehead atoms. The summed E-state index contributed by atoms with van der Waals surface area (Å²) in [6.45, 7) is 3.77. The van der Waals surface area contributed by atoms with Crippen LogP contribution in [-0.4, -0.2) is 65.9 Å². The number of aromatic nitrogens is 3. The number of rotatable bonds is 14. The maximum Gasteiger partial charge on any atom is 0.251 e. The number of thiazole rings is 1. The number of hydrogen-bond donors (Lipinski definition) is 1. The monoisotopic (exact) mass is 733 g/mol. The number of amides is 2. The Kier molecular flexibility index (Phi) is 12.2.